The molecule has 0 fully saturated rings. The number of hydrogen-bond acceptors (Lipinski definition) is 0. The van der Waals surface area contributed by atoms with E-state index in [1.54, 1.807) is 0 Å². The van der Waals surface area contributed by atoms with Crippen LogP contribution in [0.1, 0.15) is 44.2 Å². The number of hydrogen-bond donors (Lipinski definition) is 0. The lowest BCUT2D eigenvalue weighted by atomic mass is 9.93. The fraction of sp³-hybridized carbons (Fsp3) is 0.375. The first-order valence-electron chi connectivity index (χ1n) is 6.56. The quantitative estimate of drug-likeness (QED) is 0.671. The van der Waals surface area contributed by atoms with Gasteiger partial charge in [0.2, 0.25) is 0 Å². The van der Waals surface area contributed by atoms with E-state index < -0.39 is 6.17 Å². The molecule has 3 rings (SSSR count). The van der Waals surface area contributed by atoms with Crippen molar-refractivity contribution in [1.82, 2.24) is 4.57 Å². The molecular formula is C16H18FN. The molecule has 0 saturated heterocycles. The molecule has 0 amide bonds. The summed E-state index contributed by atoms with van der Waals surface area (Å²) in [6, 6.07) is 8.48. The molecule has 1 aromatic carbocycles. The number of allylic oxidation sites excluding steroid dienone is 1. The molecule has 94 valence electrons. The van der Waals surface area contributed by atoms with Crippen LogP contribution in [0.15, 0.2) is 30.3 Å². The highest BCUT2D eigenvalue weighted by atomic mass is 19.1. The van der Waals surface area contributed by atoms with Gasteiger partial charge in [0.1, 0.15) is 6.17 Å². The van der Waals surface area contributed by atoms with Crippen molar-refractivity contribution in [2.45, 2.75) is 33.0 Å². The average Bonchev–Trinajstić information content (AvgIpc) is 2.69. The lowest BCUT2D eigenvalue weighted by Gasteiger charge is -2.23. The van der Waals surface area contributed by atoms with Gasteiger partial charge in [-0.1, -0.05) is 37.3 Å². The predicted octanol–water partition coefficient (Wildman–Crippen LogP) is 4.90. The maximum Gasteiger partial charge on any atom is 0.146 e. The molecule has 1 nitrogen and oxygen atoms in total. The summed E-state index contributed by atoms with van der Waals surface area (Å²) >= 11 is 0. The van der Waals surface area contributed by atoms with Gasteiger partial charge in [-0.15, -0.1) is 0 Å². The van der Waals surface area contributed by atoms with E-state index in [-0.39, 0.29) is 12.0 Å². The van der Waals surface area contributed by atoms with Crippen LogP contribution in [0, 0.1) is 5.92 Å². The van der Waals surface area contributed by atoms with E-state index in [0.717, 1.165) is 22.2 Å². The molecule has 0 N–H and O–H groups in total. The second-order valence-corrected chi connectivity index (χ2v) is 5.40. The Morgan fingerprint density at radius 1 is 1.22 bits per heavy atom. The van der Waals surface area contributed by atoms with Crippen LogP contribution in [0.25, 0.3) is 17.0 Å². The number of nitrogens with zero attached hydrogens (tertiary/aromatic N) is 1. The summed E-state index contributed by atoms with van der Waals surface area (Å²) in [7, 11) is 0. The first kappa shape index (κ1) is 11.5. The molecule has 2 heteroatoms. The predicted molar refractivity (Wildman–Crippen MR) is 74.4 cm³/mol. The van der Waals surface area contributed by atoms with Gasteiger partial charge >= 0.3 is 0 Å². The standard InChI is InChI=1S/C16H18FN/c1-10(2)18-14-7-5-4-6-12(14)13-9-8-11(3)15(17)16(13)18/h4-11,15H,1-3H3. The van der Waals surface area contributed by atoms with Crippen molar-refractivity contribution in [3.63, 3.8) is 0 Å². The molecule has 2 aromatic rings. The second-order valence-electron chi connectivity index (χ2n) is 5.40. The lowest BCUT2D eigenvalue weighted by Crippen LogP contribution is -2.14. The molecule has 2 unspecified atom stereocenters. The monoisotopic (exact) mass is 243 g/mol. The summed E-state index contributed by atoms with van der Waals surface area (Å²) < 4.78 is 16.7. The SMILES string of the molecule is CC1C=Cc2c(n(C(C)C)c3ccccc23)C1F. The van der Waals surface area contributed by atoms with Crippen molar-refractivity contribution in [3.05, 3.63) is 41.6 Å². The molecule has 1 aliphatic rings. The first-order valence-corrected chi connectivity index (χ1v) is 6.56. The van der Waals surface area contributed by atoms with Crippen LogP contribution in [0.4, 0.5) is 4.39 Å². The third-order valence-corrected chi connectivity index (χ3v) is 3.79. The van der Waals surface area contributed by atoms with Crippen LogP contribution < -0.4 is 0 Å². The van der Waals surface area contributed by atoms with E-state index in [2.05, 4.69) is 36.6 Å². The van der Waals surface area contributed by atoms with E-state index in [9.17, 15) is 4.39 Å². The number of fused-ring (bicyclic) bond motifs is 3. The second kappa shape index (κ2) is 3.98. The molecule has 0 saturated carbocycles. The number of para-hydroxylation sites is 1. The van der Waals surface area contributed by atoms with Gasteiger partial charge in [0.15, 0.2) is 0 Å². The third-order valence-electron chi connectivity index (χ3n) is 3.79. The van der Waals surface area contributed by atoms with Gasteiger partial charge in [-0.3, -0.25) is 0 Å². The fourth-order valence-electron chi connectivity index (χ4n) is 2.92. The van der Waals surface area contributed by atoms with E-state index in [0.29, 0.717) is 0 Å². The van der Waals surface area contributed by atoms with Crippen LogP contribution in [0.5, 0.6) is 0 Å². The van der Waals surface area contributed by atoms with Gasteiger partial charge < -0.3 is 4.57 Å². The Balaban J connectivity index is 2.41. The number of rotatable bonds is 1. The van der Waals surface area contributed by atoms with Crippen molar-refractivity contribution in [2.24, 2.45) is 5.92 Å². The van der Waals surface area contributed by atoms with E-state index in [1.807, 2.05) is 25.1 Å². The molecule has 18 heavy (non-hydrogen) atoms. The van der Waals surface area contributed by atoms with E-state index in [4.69, 9.17) is 0 Å². The Morgan fingerprint density at radius 2 is 1.94 bits per heavy atom. The Labute approximate surface area is 107 Å². The zero-order valence-corrected chi connectivity index (χ0v) is 11.0. The molecule has 2 atom stereocenters. The van der Waals surface area contributed by atoms with Crippen molar-refractivity contribution in [2.75, 3.05) is 0 Å². The normalized spacial score (nSPS) is 22.7. The molecular weight excluding hydrogens is 225 g/mol. The van der Waals surface area contributed by atoms with E-state index in [1.165, 1.54) is 0 Å². The summed E-state index contributed by atoms with van der Waals surface area (Å²) in [5, 5.41) is 1.16. The zero-order chi connectivity index (χ0) is 12.9. The summed E-state index contributed by atoms with van der Waals surface area (Å²) in [6.45, 7) is 6.16. The van der Waals surface area contributed by atoms with Crippen LogP contribution in [-0.2, 0) is 0 Å². The Kier molecular flexibility index (Phi) is 2.54. The van der Waals surface area contributed by atoms with Gasteiger partial charge in [-0.2, -0.15) is 0 Å². The Bertz CT molecular complexity index is 621. The Hall–Kier alpha value is -1.57. The maximum atomic E-state index is 14.6. The molecule has 1 aliphatic carbocycles. The molecule has 0 aliphatic heterocycles. The highest BCUT2D eigenvalue weighted by Crippen LogP contribution is 2.41. The number of benzene rings is 1. The van der Waals surface area contributed by atoms with Gasteiger partial charge in [0.25, 0.3) is 0 Å². The highest BCUT2D eigenvalue weighted by Gasteiger charge is 2.29. The summed E-state index contributed by atoms with van der Waals surface area (Å²) in [4.78, 5) is 0. The molecule has 0 radical (unpaired) electrons. The van der Waals surface area contributed by atoms with Crippen LogP contribution in [0.2, 0.25) is 0 Å². The number of alkyl halides is 1. The minimum Gasteiger partial charge on any atom is -0.339 e. The average molecular weight is 243 g/mol. The first-order chi connectivity index (χ1) is 8.61. The molecule has 1 heterocycles. The van der Waals surface area contributed by atoms with E-state index >= 15 is 0 Å². The maximum absolute atomic E-state index is 14.6. The number of halogens is 1. The Morgan fingerprint density at radius 3 is 2.67 bits per heavy atom. The molecule has 0 spiro atoms. The summed E-state index contributed by atoms with van der Waals surface area (Å²) in [5.41, 5.74) is 3.05. The van der Waals surface area contributed by atoms with Gasteiger partial charge in [0, 0.05) is 28.4 Å². The van der Waals surface area contributed by atoms with Gasteiger partial charge in [-0.05, 0) is 19.9 Å². The van der Waals surface area contributed by atoms with Crippen LogP contribution in [0.3, 0.4) is 0 Å². The van der Waals surface area contributed by atoms with Gasteiger partial charge in [0.05, 0.1) is 5.69 Å². The van der Waals surface area contributed by atoms with Crippen molar-refractivity contribution in [3.8, 4) is 0 Å². The minimum atomic E-state index is -0.903. The lowest BCUT2D eigenvalue weighted by molar-refractivity contribution is 0.263. The van der Waals surface area contributed by atoms with Crippen LogP contribution >= 0.6 is 0 Å². The summed E-state index contributed by atoms with van der Waals surface area (Å²) in [5.74, 6) is -0.0423. The fourth-order valence-corrected chi connectivity index (χ4v) is 2.92. The molecule has 0 bridgehead atoms. The zero-order valence-electron chi connectivity index (χ0n) is 11.0. The highest BCUT2D eigenvalue weighted by molar-refractivity contribution is 5.92. The summed E-state index contributed by atoms with van der Waals surface area (Å²) in [6.07, 6.45) is 3.15. The third kappa shape index (κ3) is 1.45. The van der Waals surface area contributed by atoms with Crippen molar-refractivity contribution < 1.29 is 4.39 Å². The smallest absolute Gasteiger partial charge is 0.146 e. The van der Waals surface area contributed by atoms with Crippen molar-refractivity contribution in [1.29, 1.82) is 0 Å². The van der Waals surface area contributed by atoms with Crippen LogP contribution in [-0.4, -0.2) is 4.57 Å². The minimum absolute atomic E-state index is 0.0423. The topological polar surface area (TPSA) is 4.93 Å². The molecule has 1 aromatic heterocycles. The number of aromatic nitrogens is 1. The van der Waals surface area contributed by atoms with Crippen molar-refractivity contribution >= 4 is 17.0 Å². The largest absolute Gasteiger partial charge is 0.339 e. The van der Waals surface area contributed by atoms with Gasteiger partial charge in [-0.25, -0.2) is 4.39 Å².